The zero-order chi connectivity index (χ0) is 22.3. The van der Waals surface area contributed by atoms with E-state index in [2.05, 4.69) is 0 Å². The van der Waals surface area contributed by atoms with E-state index in [-0.39, 0.29) is 43.9 Å². The molecule has 0 aromatic carbocycles. The number of alkyl halides is 4. The van der Waals surface area contributed by atoms with Crippen molar-refractivity contribution in [1.29, 1.82) is 0 Å². The minimum atomic E-state index is -3.99. The molecular formula is C23H34F4O2S2. The Morgan fingerprint density at radius 2 is 1.29 bits per heavy atom. The van der Waals surface area contributed by atoms with Crippen LogP contribution in [0.3, 0.4) is 0 Å². The Morgan fingerprint density at radius 3 is 1.81 bits per heavy atom. The van der Waals surface area contributed by atoms with Crippen molar-refractivity contribution in [2.45, 2.75) is 89.3 Å². The van der Waals surface area contributed by atoms with Crippen LogP contribution < -0.4 is 0 Å². The molecule has 4 aliphatic rings. The van der Waals surface area contributed by atoms with E-state index < -0.39 is 29.5 Å². The maximum atomic E-state index is 15.2. The zero-order valence-corrected chi connectivity index (χ0v) is 20.1. The highest BCUT2D eigenvalue weighted by Crippen LogP contribution is 2.55. The molecule has 4 rings (SSSR count). The average molecular weight is 483 g/mol. The number of ether oxygens (including phenoxy) is 2. The van der Waals surface area contributed by atoms with E-state index >= 15 is 17.6 Å². The van der Waals surface area contributed by atoms with E-state index in [0.29, 0.717) is 26.1 Å². The topological polar surface area (TPSA) is 18.5 Å². The van der Waals surface area contributed by atoms with Crippen LogP contribution in [0.4, 0.5) is 17.6 Å². The molecule has 0 aromatic rings. The first-order valence-corrected chi connectivity index (χ1v) is 13.5. The van der Waals surface area contributed by atoms with Crippen LogP contribution in [0.2, 0.25) is 0 Å². The second-order valence-electron chi connectivity index (χ2n) is 10.4. The Kier molecular flexibility index (Phi) is 7.05. The van der Waals surface area contributed by atoms with Crippen molar-refractivity contribution in [3.05, 3.63) is 9.81 Å². The molecule has 0 bridgehead atoms. The summed E-state index contributed by atoms with van der Waals surface area (Å²) in [5.41, 5.74) is 1.10. The van der Waals surface area contributed by atoms with Crippen molar-refractivity contribution in [2.24, 2.45) is 17.3 Å². The summed E-state index contributed by atoms with van der Waals surface area (Å²) < 4.78 is 73.6. The summed E-state index contributed by atoms with van der Waals surface area (Å²) in [6, 6.07) is 0. The van der Waals surface area contributed by atoms with Crippen molar-refractivity contribution in [3.8, 4) is 0 Å². The van der Waals surface area contributed by atoms with Gasteiger partial charge in [0.15, 0.2) is 5.79 Å². The van der Waals surface area contributed by atoms with Crippen LogP contribution in [0.1, 0.15) is 71.6 Å². The number of rotatable bonds is 3. The predicted octanol–water partition coefficient (Wildman–Crippen LogP) is 7.49. The summed E-state index contributed by atoms with van der Waals surface area (Å²) in [6.07, 6.45) is 3.06. The molecular weight excluding hydrogens is 448 g/mol. The SMILES string of the molecule is CC1(C)COC2(CCC(C(F)(F)C(F)(F)C3CCC(=C4SCCCS4)CC3)CC2)OC1. The van der Waals surface area contributed by atoms with E-state index in [1.165, 1.54) is 9.81 Å². The molecule has 0 radical (unpaired) electrons. The monoisotopic (exact) mass is 482 g/mol. The van der Waals surface area contributed by atoms with Gasteiger partial charge in [-0.25, -0.2) is 0 Å². The Balaban J connectivity index is 1.36. The van der Waals surface area contributed by atoms with Crippen LogP contribution in [-0.2, 0) is 9.47 Å². The highest BCUT2D eigenvalue weighted by molar-refractivity contribution is 8.22. The molecule has 0 atom stereocenters. The van der Waals surface area contributed by atoms with Gasteiger partial charge in [0, 0.05) is 34.3 Å². The van der Waals surface area contributed by atoms with Gasteiger partial charge < -0.3 is 9.47 Å². The van der Waals surface area contributed by atoms with Crippen molar-refractivity contribution in [1.82, 2.24) is 0 Å². The van der Waals surface area contributed by atoms with Gasteiger partial charge >= 0.3 is 11.8 Å². The number of hydrogen-bond donors (Lipinski definition) is 0. The van der Waals surface area contributed by atoms with Gasteiger partial charge in [-0.05, 0) is 56.5 Å². The molecule has 8 heteroatoms. The summed E-state index contributed by atoms with van der Waals surface area (Å²) >= 11 is 3.60. The van der Waals surface area contributed by atoms with Gasteiger partial charge in [-0.15, -0.1) is 23.5 Å². The van der Waals surface area contributed by atoms with Crippen molar-refractivity contribution in [2.75, 3.05) is 24.7 Å². The summed E-state index contributed by atoms with van der Waals surface area (Å²) in [6.45, 7) is 5.05. The van der Waals surface area contributed by atoms with Gasteiger partial charge in [0.05, 0.1) is 13.2 Å². The fraction of sp³-hybridized carbons (Fsp3) is 0.913. The Labute approximate surface area is 191 Å². The van der Waals surface area contributed by atoms with Gasteiger partial charge in [0.25, 0.3) is 0 Å². The van der Waals surface area contributed by atoms with Gasteiger partial charge in [0.1, 0.15) is 0 Å². The largest absolute Gasteiger partial charge is 0.349 e. The third kappa shape index (κ3) is 4.97. The molecule has 2 aliphatic carbocycles. The summed E-state index contributed by atoms with van der Waals surface area (Å²) in [5, 5.41) is 0. The summed E-state index contributed by atoms with van der Waals surface area (Å²) in [5.74, 6) is -9.26. The molecule has 178 valence electrons. The molecule has 2 nitrogen and oxygen atoms in total. The Morgan fingerprint density at radius 1 is 0.806 bits per heavy atom. The first kappa shape index (κ1) is 24.2. The number of thioether (sulfide) groups is 2. The van der Waals surface area contributed by atoms with Crippen molar-refractivity contribution < 1.29 is 27.0 Å². The molecule has 2 saturated heterocycles. The Bertz CT molecular complexity index is 657. The summed E-state index contributed by atoms with van der Waals surface area (Å²) in [4.78, 5) is 0. The maximum absolute atomic E-state index is 15.2. The highest BCUT2D eigenvalue weighted by Gasteiger charge is 2.65. The molecule has 0 aromatic heterocycles. The van der Waals surface area contributed by atoms with Gasteiger partial charge in [-0.3, -0.25) is 0 Å². The lowest BCUT2D eigenvalue weighted by Gasteiger charge is -2.48. The van der Waals surface area contributed by atoms with E-state index in [1.807, 2.05) is 13.8 Å². The van der Waals surface area contributed by atoms with Crippen molar-refractivity contribution in [3.63, 3.8) is 0 Å². The lowest BCUT2D eigenvalue weighted by Crippen LogP contribution is -2.55. The molecule has 31 heavy (non-hydrogen) atoms. The fourth-order valence-corrected chi connectivity index (χ4v) is 7.94. The molecule has 2 aliphatic heterocycles. The van der Waals surface area contributed by atoms with E-state index in [4.69, 9.17) is 9.47 Å². The van der Waals surface area contributed by atoms with Crippen molar-refractivity contribution >= 4 is 23.5 Å². The number of hydrogen-bond acceptors (Lipinski definition) is 4. The second-order valence-corrected chi connectivity index (χ2v) is 12.9. The van der Waals surface area contributed by atoms with Crippen LogP contribution in [0.25, 0.3) is 0 Å². The normalized spacial score (nSPS) is 30.6. The van der Waals surface area contributed by atoms with Gasteiger partial charge in [0.2, 0.25) is 0 Å². The van der Waals surface area contributed by atoms with Crippen LogP contribution in [0.15, 0.2) is 9.81 Å². The van der Waals surface area contributed by atoms with E-state index in [9.17, 15) is 0 Å². The lowest BCUT2D eigenvalue weighted by molar-refractivity contribution is -0.326. The first-order chi connectivity index (χ1) is 14.5. The zero-order valence-electron chi connectivity index (χ0n) is 18.5. The molecule has 2 saturated carbocycles. The number of halogens is 4. The van der Waals surface area contributed by atoms with E-state index in [1.54, 1.807) is 23.5 Å². The molecule has 1 spiro atoms. The smallest absolute Gasteiger partial charge is 0.313 e. The first-order valence-electron chi connectivity index (χ1n) is 11.6. The fourth-order valence-electron chi connectivity index (χ4n) is 5.16. The highest BCUT2D eigenvalue weighted by atomic mass is 32.2. The molecule has 4 fully saturated rings. The Hall–Kier alpha value is 0.0800. The molecule has 0 unspecified atom stereocenters. The summed E-state index contributed by atoms with van der Waals surface area (Å²) in [7, 11) is 0. The van der Waals surface area contributed by atoms with Crippen LogP contribution in [0.5, 0.6) is 0 Å². The van der Waals surface area contributed by atoms with Gasteiger partial charge in [-0.1, -0.05) is 19.4 Å². The van der Waals surface area contributed by atoms with Crippen LogP contribution in [-0.4, -0.2) is 42.4 Å². The second kappa shape index (κ2) is 9.03. The molecule has 2 heterocycles. The van der Waals surface area contributed by atoms with E-state index in [0.717, 1.165) is 17.9 Å². The maximum Gasteiger partial charge on any atom is 0.313 e. The standard InChI is InChI=1S/C23H34F4O2S2/c1-20(2)14-28-21(29-15-20)10-8-18(9-11-21)23(26,27)22(24,25)17-6-4-16(5-7-17)19-30-12-3-13-31-19/h17-18H,3-15H2,1-2H3. The number of allylic oxidation sites excluding steroid dienone is 1. The van der Waals surface area contributed by atoms with Crippen LogP contribution in [0, 0.1) is 17.3 Å². The average Bonchev–Trinajstić information content (AvgIpc) is 2.77. The third-order valence-corrected chi connectivity index (χ3v) is 10.1. The lowest BCUT2D eigenvalue weighted by atomic mass is 9.73. The molecule has 0 amide bonds. The molecule has 0 N–H and O–H groups in total. The third-order valence-electron chi connectivity index (χ3n) is 7.30. The quantitative estimate of drug-likeness (QED) is 0.388. The minimum absolute atomic E-state index is 0.0122. The van der Waals surface area contributed by atoms with Crippen LogP contribution >= 0.6 is 23.5 Å². The minimum Gasteiger partial charge on any atom is -0.349 e. The predicted molar refractivity (Wildman–Crippen MR) is 119 cm³/mol. The van der Waals surface area contributed by atoms with Gasteiger partial charge in [-0.2, -0.15) is 17.6 Å².